The van der Waals surface area contributed by atoms with Gasteiger partial charge in [0.2, 0.25) is 5.91 Å². The summed E-state index contributed by atoms with van der Waals surface area (Å²) >= 11 is 0. The van der Waals surface area contributed by atoms with Gasteiger partial charge in [-0.05, 0) is 34.7 Å². The quantitative estimate of drug-likeness (QED) is 0.866. The van der Waals surface area contributed by atoms with Crippen LogP contribution < -0.4 is 10.6 Å². The van der Waals surface area contributed by atoms with Gasteiger partial charge in [0.25, 0.3) is 0 Å². The molecule has 0 saturated carbocycles. The van der Waals surface area contributed by atoms with Crippen LogP contribution in [0.3, 0.4) is 0 Å². The Bertz CT molecular complexity index is 434. The highest BCUT2D eigenvalue weighted by Crippen LogP contribution is 2.22. The number of likely N-dealkylation sites (N-methyl/N-ethyl adjacent to an activating group) is 1. The summed E-state index contributed by atoms with van der Waals surface area (Å²) < 4.78 is 1.82. The molecule has 2 N–H and O–H groups in total. The standard InChI is InChI=1S/C13H24N4O.2ClH/c1-8(14-5)7-15-13(18)9(2)12-10(3)16-17(6)11(12)4;;/h8-9,14H,7H2,1-6H3,(H,15,18);2*1H. The summed E-state index contributed by atoms with van der Waals surface area (Å²) in [4.78, 5) is 12.1. The molecular weight excluding hydrogens is 299 g/mol. The maximum atomic E-state index is 12.1. The van der Waals surface area contributed by atoms with Crippen LogP contribution in [0.2, 0.25) is 0 Å². The van der Waals surface area contributed by atoms with E-state index in [1.807, 2.05) is 46.5 Å². The van der Waals surface area contributed by atoms with Crippen molar-refractivity contribution in [3.8, 4) is 0 Å². The molecule has 0 fully saturated rings. The number of halogens is 2. The molecule has 0 bridgehead atoms. The predicted octanol–water partition coefficient (Wildman–Crippen LogP) is 1.71. The molecule has 1 amide bonds. The third kappa shape index (κ3) is 4.96. The second-order valence-electron chi connectivity index (χ2n) is 4.86. The van der Waals surface area contributed by atoms with Crippen LogP contribution in [0.5, 0.6) is 0 Å². The number of nitrogens with one attached hydrogen (secondary N) is 2. The molecule has 0 aliphatic carbocycles. The van der Waals surface area contributed by atoms with E-state index < -0.39 is 0 Å². The first-order valence-electron chi connectivity index (χ1n) is 6.33. The molecule has 1 heterocycles. The maximum absolute atomic E-state index is 12.1. The Balaban J connectivity index is 0. The van der Waals surface area contributed by atoms with E-state index in [4.69, 9.17) is 0 Å². The molecule has 1 rings (SSSR count). The first-order chi connectivity index (χ1) is 8.38. The molecule has 0 aromatic carbocycles. The smallest absolute Gasteiger partial charge is 0.227 e. The van der Waals surface area contributed by atoms with Crippen molar-refractivity contribution in [3.63, 3.8) is 0 Å². The van der Waals surface area contributed by atoms with Gasteiger partial charge in [-0.25, -0.2) is 0 Å². The zero-order valence-corrected chi connectivity index (χ0v) is 14.6. The van der Waals surface area contributed by atoms with Crippen LogP contribution in [-0.2, 0) is 11.8 Å². The zero-order chi connectivity index (χ0) is 13.9. The molecule has 118 valence electrons. The Morgan fingerprint density at radius 2 is 1.85 bits per heavy atom. The summed E-state index contributed by atoms with van der Waals surface area (Å²) in [6.07, 6.45) is 0. The van der Waals surface area contributed by atoms with Gasteiger partial charge in [0.05, 0.1) is 11.6 Å². The lowest BCUT2D eigenvalue weighted by Crippen LogP contribution is -2.39. The number of aryl methyl sites for hydroxylation is 2. The van der Waals surface area contributed by atoms with E-state index >= 15 is 0 Å². The molecule has 20 heavy (non-hydrogen) atoms. The summed E-state index contributed by atoms with van der Waals surface area (Å²) in [6.45, 7) is 8.54. The Morgan fingerprint density at radius 1 is 1.30 bits per heavy atom. The predicted molar refractivity (Wildman–Crippen MR) is 87.1 cm³/mol. The topological polar surface area (TPSA) is 58.9 Å². The van der Waals surface area contributed by atoms with Crippen molar-refractivity contribution in [2.24, 2.45) is 7.05 Å². The average Bonchev–Trinajstić information content (AvgIpc) is 2.59. The molecule has 0 saturated heterocycles. The van der Waals surface area contributed by atoms with Crippen LogP contribution >= 0.6 is 24.8 Å². The summed E-state index contributed by atoms with van der Waals surface area (Å²) in [5, 5.41) is 10.4. The van der Waals surface area contributed by atoms with Crippen LogP contribution in [-0.4, -0.2) is 35.3 Å². The molecule has 0 radical (unpaired) electrons. The fourth-order valence-corrected chi connectivity index (χ4v) is 2.06. The van der Waals surface area contributed by atoms with E-state index in [0.29, 0.717) is 6.54 Å². The van der Waals surface area contributed by atoms with Crippen molar-refractivity contribution < 1.29 is 4.79 Å². The van der Waals surface area contributed by atoms with E-state index in [1.54, 1.807) is 0 Å². The highest BCUT2D eigenvalue weighted by atomic mass is 35.5. The molecule has 2 atom stereocenters. The minimum Gasteiger partial charge on any atom is -0.354 e. The van der Waals surface area contributed by atoms with E-state index in [2.05, 4.69) is 15.7 Å². The SMILES string of the molecule is CNC(C)CNC(=O)C(C)c1c(C)nn(C)c1C.Cl.Cl. The van der Waals surface area contributed by atoms with Crippen LogP contribution in [0.25, 0.3) is 0 Å². The zero-order valence-electron chi connectivity index (χ0n) is 13.0. The summed E-state index contributed by atoms with van der Waals surface area (Å²) in [5.41, 5.74) is 3.02. The van der Waals surface area contributed by atoms with Crippen molar-refractivity contribution in [2.45, 2.75) is 39.7 Å². The first-order valence-corrected chi connectivity index (χ1v) is 6.33. The number of carbonyl (C=O) groups is 1. The van der Waals surface area contributed by atoms with Gasteiger partial charge in [-0.3, -0.25) is 9.48 Å². The van der Waals surface area contributed by atoms with Crippen molar-refractivity contribution in [2.75, 3.05) is 13.6 Å². The molecule has 7 heteroatoms. The summed E-state index contributed by atoms with van der Waals surface area (Å²) in [5.74, 6) is -0.112. The summed E-state index contributed by atoms with van der Waals surface area (Å²) in [7, 11) is 3.79. The monoisotopic (exact) mass is 324 g/mol. The minimum absolute atomic E-state index is 0. The van der Waals surface area contributed by atoms with Crippen LogP contribution in [0.4, 0.5) is 0 Å². The number of hydrogen-bond acceptors (Lipinski definition) is 3. The van der Waals surface area contributed by atoms with Crippen molar-refractivity contribution in [1.82, 2.24) is 20.4 Å². The molecule has 1 aromatic rings. The molecule has 5 nitrogen and oxygen atoms in total. The third-order valence-corrected chi connectivity index (χ3v) is 3.47. The number of amides is 1. The van der Waals surface area contributed by atoms with Crippen LogP contribution in [0, 0.1) is 13.8 Å². The van der Waals surface area contributed by atoms with Crippen LogP contribution in [0.15, 0.2) is 0 Å². The Kier molecular flexibility index (Phi) is 9.91. The Labute approximate surface area is 133 Å². The lowest BCUT2D eigenvalue weighted by molar-refractivity contribution is -0.122. The Hall–Kier alpha value is -0.780. The third-order valence-electron chi connectivity index (χ3n) is 3.47. The van der Waals surface area contributed by atoms with Gasteiger partial charge in [-0.15, -0.1) is 24.8 Å². The normalized spacial score (nSPS) is 12.9. The van der Waals surface area contributed by atoms with Gasteiger partial charge in [-0.1, -0.05) is 0 Å². The second kappa shape index (κ2) is 9.21. The highest BCUT2D eigenvalue weighted by molar-refractivity contribution is 5.85. The fraction of sp³-hybridized carbons (Fsp3) is 0.692. The van der Waals surface area contributed by atoms with Gasteiger partial charge in [0.15, 0.2) is 0 Å². The van der Waals surface area contributed by atoms with Gasteiger partial charge in [0, 0.05) is 30.9 Å². The molecule has 0 aliphatic heterocycles. The number of hydrogen-bond donors (Lipinski definition) is 2. The van der Waals surface area contributed by atoms with Crippen molar-refractivity contribution in [1.29, 1.82) is 0 Å². The lowest BCUT2D eigenvalue weighted by Gasteiger charge is -2.16. The Morgan fingerprint density at radius 3 is 2.25 bits per heavy atom. The maximum Gasteiger partial charge on any atom is 0.227 e. The lowest BCUT2D eigenvalue weighted by atomic mass is 9.98. The number of rotatable bonds is 5. The molecule has 2 unspecified atom stereocenters. The number of nitrogens with zero attached hydrogens (tertiary/aromatic N) is 2. The van der Waals surface area contributed by atoms with E-state index in [9.17, 15) is 4.79 Å². The fourth-order valence-electron chi connectivity index (χ4n) is 2.06. The second-order valence-corrected chi connectivity index (χ2v) is 4.86. The molecular formula is C13H26Cl2N4O. The first kappa shape index (κ1) is 21.5. The van der Waals surface area contributed by atoms with Crippen LogP contribution in [0.1, 0.15) is 36.7 Å². The summed E-state index contributed by atoms with van der Waals surface area (Å²) in [6, 6.07) is 0.275. The minimum atomic E-state index is -0.164. The average molecular weight is 325 g/mol. The van der Waals surface area contributed by atoms with E-state index in [1.165, 1.54) is 0 Å². The largest absolute Gasteiger partial charge is 0.354 e. The van der Waals surface area contributed by atoms with E-state index in [0.717, 1.165) is 17.0 Å². The van der Waals surface area contributed by atoms with Crippen molar-refractivity contribution in [3.05, 3.63) is 17.0 Å². The van der Waals surface area contributed by atoms with Gasteiger partial charge >= 0.3 is 0 Å². The number of aromatic nitrogens is 2. The van der Waals surface area contributed by atoms with E-state index in [-0.39, 0.29) is 42.7 Å². The van der Waals surface area contributed by atoms with Gasteiger partial charge < -0.3 is 10.6 Å². The molecule has 0 spiro atoms. The van der Waals surface area contributed by atoms with Gasteiger partial charge in [-0.2, -0.15) is 5.10 Å². The highest BCUT2D eigenvalue weighted by Gasteiger charge is 2.22. The molecule has 1 aromatic heterocycles. The molecule has 0 aliphatic rings. The number of carbonyl (C=O) groups excluding carboxylic acids is 1. The van der Waals surface area contributed by atoms with Gasteiger partial charge in [0.1, 0.15) is 0 Å². The van der Waals surface area contributed by atoms with Crippen molar-refractivity contribution >= 4 is 30.7 Å².